The van der Waals surface area contributed by atoms with Gasteiger partial charge in [0.15, 0.2) is 11.6 Å². The Morgan fingerprint density at radius 1 is 1.03 bits per heavy atom. The third-order valence-electron chi connectivity index (χ3n) is 6.73. The van der Waals surface area contributed by atoms with Crippen LogP contribution in [0.3, 0.4) is 0 Å². The van der Waals surface area contributed by atoms with Gasteiger partial charge in [0, 0.05) is 35.6 Å². The van der Waals surface area contributed by atoms with E-state index in [1.807, 2.05) is 37.3 Å². The Labute approximate surface area is 184 Å². The summed E-state index contributed by atoms with van der Waals surface area (Å²) >= 11 is 0. The Hall–Kier alpha value is -3.51. The van der Waals surface area contributed by atoms with Crippen LogP contribution in [0.25, 0.3) is 10.8 Å². The van der Waals surface area contributed by atoms with E-state index in [-0.39, 0.29) is 29.7 Å². The molecule has 0 saturated carbocycles. The van der Waals surface area contributed by atoms with Crippen LogP contribution in [0.5, 0.6) is 0 Å². The van der Waals surface area contributed by atoms with Gasteiger partial charge in [-0.15, -0.1) is 0 Å². The molecule has 3 atom stereocenters. The zero-order valence-electron chi connectivity index (χ0n) is 17.7. The second kappa shape index (κ2) is 6.74. The Balaban J connectivity index is 1.51. The number of rotatable bonds is 1. The maximum absolute atomic E-state index is 13.7. The van der Waals surface area contributed by atoms with Crippen LogP contribution in [0.4, 0.5) is 5.69 Å². The van der Waals surface area contributed by atoms with Crippen LogP contribution in [0.1, 0.15) is 62.4 Å². The van der Waals surface area contributed by atoms with Gasteiger partial charge >= 0.3 is 5.97 Å². The Bertz CT molecular complexity index is 1360. The minimum atomic E-state index is -0.443. The van der Waals surface area contributed by atoms with E-state index in [0.29, 0.717) is 41.0 Å². The van der Waals surface area contributed by atoms with Crippen LogP contribution < -0.4 is 5.32 Å². The Kier molecular flexibility index (Phi) is 4.04. The average molecular weight is 427 g/mol. The first kappa shape index (κ1) is 19.2. The molecule has 0 aromatic heterocycles. The average Bonchev–Trinajstić information content (AvgIpc) is 2.77. The summed E-state index contributed by atoms with van der Waals surface area (Å²) in [5, 5.41) is 5.14. The summed E-state index contributed by atoms with van der Waals surface area (Å²) < 4.78 is 11.4. The number of nitrogens with one attached hydrogen (secondary N) is 1. The van der Waals surface area contributed by atoms with Crippen molar-refractivity contribution in [3.05, 3.63) is 75.8 Å². The molecule has 1 aliphatic carbocycles. The molecule has 1 fully saturated rings. The van der Waals surface area contributed by atoms with E-state index in [2.05, 4.69) is 5.32 Å². The number of hydrogen-bond acceptors (Lipinski definition) is 6. The van der Waals surface area contributed by atoms with Crippen LogP contribution in [0.15, 0.2) is 42.5 Å². The van der Waals surface area contributed by atoms with Gasteiger partial charge in [0.2, 0.25) is 0 Å². The molecular weight excluding hydrogens is 406 g/mol. The molecule has 3 aromatic rings. The summed E-state index contributed by atoms with van der Waals surface area (Å²) in [6.07, 6.45) is -0.0224. The smallest absolute Gasteiger partial charge is 0.303 e. The highest BCUT2D eigenvalue weighted by molar-refractivity contribution is 6.33. The second-order valence-corrected chi connectivity index (χ2v) is 8.78. The lowest BCUT2D eigenvalue weighted by Gasteiger charge is -2.42. The first-order valence-corrected chi connectivity index (χ1v) is 10.8. The number of hydrogen-bond donors (Lipinski definition) is 1. The van der Waals surface area contributed by atoms with Crippen molar-refractivity contribution in [2.45, 2.75) is 38.5 Å². The van der Waals surface area contributed by atoms with Crippen LogP contribution >= 0.6 is 0 Å². The predicted octanol–water partition coefficient (Wildman–Crippen LogP) is 4.11. The highest BCUT2D eigenvalue weighted by Crippen LogP contribution is 2.45. The van der Waals surface area contributed by atoms with Gasteiger partial charge < -0.3 is 14.8 Å². The summed E-state index contributed by atoms with van der Waals surface area (Å²) in [7, 11) is 0. The summed E-state index contributed by atoms with van der Waals surface area (Å²) in [5.74, 6) is -0.700. The fourth-order valence-electron chi connectivity index (χ4n) is 5.28. The second-order valence-electron chi connectivity index (χ2n) is 8.78. The van der Waals surface area contributed by atoms with Crippen LogP contribution in [-0.4, -0.2) is 36.3 Å². The molecule has 0 radical (unpaired) electrons. The zero-order valence-corrected chi connectivity index (χ0v) is 17.7. The quantitative estimate of drug-likeness (QED) is 0.461. The van der Waals surface area contributed by atoms with Crippen molar-refractivity contribution < 1.29 is 23.9 Å². The Morgan fingerprint density at radius 3 is 2.59 bits per heavy atom. The molecule has 32 heavy (non-hydrogen) atoms. The zero-order chi connectivity index (χ0) is 22.1. The third-order valence-corrected chi connectivity index (χ3v) is 6.73. The van der Waals surface area contributed by atoms with E-state index in [4.69, 9.17) is 9.47 Å². The van der Waals surface area contributed by atoms with Crippen LogP contribution in [0.2, 0.25) is 0 Å². The molecule has 6 rings (SSSR count). The van der Waals surface area contributed by atoms with Gasteiger partial charge in [-0.2, -0.15) is 0 Å². The molecule has 1 saturated heterocycles. The fourth-order valence-corrected chi connectivity index (χ4v) is 5.28. The van der Waals surface area contributed by atoms with Crippen molar-refractivity contribution in [1.82, 2.24) is 0 Å². The minimum Gasteiger partial charge on any atom is -0.458 e. The molecule has 0 spiro atoms. The maximum atomic E-state index is 13.7. The molecular formula is C26H21NO5. The van der Waals surface area contributed by atoms with E-state index < -0.39 is 6.10 Å². The van der Waals surface area contributed by atoms with Gasteiger partial charge in [0.25, 0.3) is 0 Å². The van der Waals surface area contributed by atoms with Gasteiger partial charge in [-0.05, 0) is 29.8 Å². The van der Waals surface area contributed by atoms with Crippen LogP contribution in [-0.2, 0) is 14.3 Å². The molecule has 3 aromatic carbocycles. The number of benzene rings is 3. The molecule has 0 amide bonds. The van der Waals surface area contributed by atoms with Gasteiger partial charge in [0.05, 0.1) is 30.0 Å². The SMILES string of the molecule is CC(=O)O[C@H]1CO[C@H]2C[C@@H]1Nc1c2ccc2c1C(=O)c1ccc3cc(C)ccc3c1C2=O. The summed E-state index contributed by atoms with van der Waals surface area (Å²) in [5.41, 5.74) is 4.24. The summed E-state index contributed by atoms with van der Waals surface area (Å²) in [6.45, 7) is 3.66. The Morgan fingerprint density at radius 2 is 1.78 bits per heavy atom. The lowest BCUT2D eigenvalue weighted by atomic mass is 9.77. The van der Waals surface area contributed by atoms with Gasteiger partial charge in [-0.3, -0.25) is 14.4 Å². The van der Waals surface area contributed by atoms with Crippen molar-refractivity contribution in [2.75, 3.05) is 11.9 Å². The van der Waals surface area contributed by atoms with E-state index in [9.17, 15) is 14.4 Å². The third kappa shape index (κ3) is 2.66. The van der Waals surface area contributed by atoms with Crippen molar-refractivity contribution in [1.29, 1.82) is 0 Å². The van der Waals surface area contributed by atoms with E-state index >= 15 is 0 Å². The number of anilines is 1. The lowest BCUT2D eigenvalue weighted by Crippen LogP contribution is -2.48. The number of aryl methyl sites for hydroxylation is 1. The highest BCUT2D eigenvalue weighted by Gasteiger charge is 2.43. The molecule has 0 unspecified atom stereocenters. The van der Waals surface area contributed by atoms with Gasteiger partial charge in [0.1, 0.15) is 6.10 Å². The number of ketones is 2. The number of ether oxygens (including phenoxy) is 2. The number of fused-ring (bicyclic) bond motifs is 9. The van der Waals surface area contributed by atoms with E-state index in [0.717, 1.165) is 21.9 Å². The molecule has 2 aliphatic heterocycles. The largest absolute Gasteiger partial charge is 0.458 e. The van der Waals surface area contributed by atoms with E-state index in [1.165, 1.54) is 6.92 Å². The summed E-state index contributed by atoms with van der Waals surface area (Å²) in [4.78, 5) is 38.8. The molecule has 160 valence electrons. The first-order valence-electron chi connectivity index (χ1n) is 10.8. The minimum absolute atomic E-state index is 0.151. The van der Waals surface area contributed by atoms with Crippen molar-refractivity contribution >= 4 is 34.0 Å². The molecule has 1 N–H and O–H groups in total. The standard InChI is InChI=1S/C26H21NO5/c1-12-3-5-15-14(9-12)4-6-17-22(15)25(29)18-8-7-16-20-10-19(21(11-31-20)32-13(2)28)27-24(16)23(18)26(17)30/h3-9,19-21,27H,10-11H2,1-2H3/t19-,20-,21-/m0/s1. The predicted molar refractivity (Wildman–Crippen MR) is 118 cm³/mol. The lowest BCUT2D eigenvalue weighted by molar-refractivity contribution is -0.158. The monoisotopic (exact) mass is 427 g/mol. The maximum Gasteiger partial charge on any atom is 0.303 e. The number of esters is 1. The normalized spacial score (nSPS) is 23.1. The molecule has 6 nitrogen and oxygen atoms in total. The van der Waals surface area contributed by atoms with Gasteiger partial charge in [-0.25, -0.2) is 0 Å². The van der Waals surface area contributed by atoms with Crippen molar-refractivity contribution in [2.24, 2.45) is 0 Å². The fraction of sp³-hybridized carbons (Fsp3) is 0.269. The highest BCUT2D eigenvalue weighted by atomic mass is 16.6. The molecule has 6 heteroatoms. The van der Waals surface area contributed by atoms with Crippen molar-refractivity contribution in [3.8, 4) is 0 Å². The summed E-state index contributed by atoms with van der Waals surface area (Å²) in [6, 6.07) is 13.0. The molecule has 2 heterocycles. The molecule has 2 bridgehead atoms. The topological polar surface area (TPSA) is 81.7 Å². The molecule has 3 aliphatic rings. The van der Waals surface area contributed by atoms with Crippen LogP contribution in [0, 0.1) is 6.92 Å². The first-order chi connectivity index (χ1) is 15.4. The number of carbonyl (C=O) groups is 3. The van der Waals surface area contributed by atoms with Crippen molar-refractivity contribution in [3.63, 3.8) is 0 Å². The number of carbonyl (C=O) groups excluding carboxylic acids is 3. The van der Waals surface area contributed by atoms with Gasteiger partial charge in [-0.1, -0.05) is 35.9 Å². The van der Waals surface area contributed by atoms with E-state index in [1.54, 1.807) is 12.1 Å².